The Balaban J connectivity index is 1.60. The quantitative estimate of drug-likeness (QED) is 0.593. The van der Waals surface area contributed by atoms with Gasteiger partial charge in [-0.25, -0.2) is 18.0 Å². The summed E-state index contributed by atoms with van der Waals surface area (Å²) < 4.78 is 51.8. The molecule has 3 heterocycles. The monoisotopic (exact) mass is 467 g/mol. The van der Waals surface area contributed by atoms with Crippen molar-refractivity contribution in [3.63, 3.8) is 0 Å². The summed E-state index contributed by atoms with van der Waals surface area (Å²) in [7, 11) is 1.39. The third-order valence-corrected chi connectivity index (χ3v) is 5.37. The highest BCUT2D eigenvalue weighted by Gasteiger charge is 2.36. The number of hydrogen-bond acceptors (Lipinski definition) is 5. The van der Waals surface area contributed by atoms with Crippen molar-refractivity contribution in [3.8, 4) is 17.2 Å². The zero-order valence-corrected chi connectivity index (χ0v) is 17.5. The van der Waals surface area contributed by atoms with Crippen LogP contribution in [0.15, 0.2) is 34.9 Å². The molecule has 168 valence electrons. The highest BCUT2D eigenvalue weighted by atomic mass is 35.5. The molecule has 32 heavy (non-hydrogen) atoms. The second kappa shape index (κ2) is 8.34. The number of amides is 2. The molecule has 0 saturated carbocycles. The Bertz CT molecular complexity index is 1200. The van der Waals surface area contributed by atoms with Gasteiger partial charge in [-0.05, 0) is 18.2 Å². The second-order valence-corrected chi connectivity index (χ2v) is 7.69. The first-order valence-electron chi connectivity index (χ1n) is 9.62. The molecular formula is C21H17ClF3N3O4. The number of halogens is 4. The Morgan fingerprint density at radius 1 is 1.22 bits per heavy atom. The number of benzene rings is 1. The minimum atomic E-state index is -2.79. The van der Waals surface area contributed by atoms with Crippen LogP contribution in [0.3, 0.4) is 0 Å². The molecule has 0 spiro atoms. The molecule has 11 heteroatoms. The normalized spacial score (nSPS) is 15.6. The van der Waals surface area contributed by atoms with Crippen molar-refractivity contribution in [2.75, 3.05) is 20.1 Å². The third kappa shape index (κ3) is 4.36. The molecule has 3 aromatic rings. The Labute approximate surface area is 185 Å². The van der Waals surface area contributed by atoms with E-state index in [1.54, 1.807) is 6.07 Å². The number of alkyl halides is 2. The van der Waals surface area contributed by atoms with E-state index in [-0.39, 0.29) is 40.9 Å². The number of ether oxygens (including phenoxy) is 1. The van der Waals surface area contributed by atoms with Gasteiger partial charge in [0.15, 0.2) is 5.58 Å². The number of pyridine rings is 1. The smallest absolute Gasteiger partial charge is 0.414 e. The molecule has 2 amide bonds. The lowest BCUT2D eigenvalue weighted by Gasteiger charge is -2.31. The van der Waals surface area contributed by atoms with Gasteiger partial charge in [-0.15, -0.1) is 0 Å². The van der Waals surface area contributed by atoms with Crippen LogP contribution in [0.2, 0.25) is 5.02 Å². The highest BCUT2D eigenvalue weighted by molar-refractivity contribution is 6.35. The summed E-state index contributed by atoms with van der Waals surface area (Å²) in [5, 5.41) is 2.86. The molecule has 0 bridgehead atoms. The van der Waals surface area contributed by atoms with Gasteiger partial charge in [-0.3, -0.25) is 9.78 Å². The fraction of sp³-hybridized carbons (Fsp3) is 0.286. The van der Waals surface area contributed by atoms with Crippen LogP contribution in [0.4, 0.5) is 18.0 Å². The summed E-state index contributed by atoms with van der Waals surface area (Å²) >= 11 is 6.23. The number of furan rings is 1. The molecule has 0 unspecified atom stereocenters. The van der Waals surface area contributed by atoms with E-state index in [2.05, 4.69) is 10.3 Å². The number of nitrogens with one attached hydrogen (secondary N) is 1. The van der Waals surface area contributed by atoms with Crippen LogP contribution in [0.25, 0.3) is 22.2 Å². The minimum Gasteiger partial charge on any atom is -0.424 e. The van der Waals surface area contributed by atoms with E-state index < -0.39 is 36.6 Å². The van der Waals surface area contributed by atoms with Crippen molar-refractivity contribution in [1.82, 2.24) is 15.2 Å². The lowest BCUT2D eigenvalue weighted by Crippen LogP contribution is -2.42. The number of likely N-dealkylation sites (tertiary alicyclic amines) is 1. The van der Waals surface area contributed by atoms with Crippen molar-refractivity contribution >= 4 is 34.6 Å². The summed E-state index contributed by atoms with van der Waals surface area (Å²) in [4.78, 5) is 29.2. The molecule has 7 nitrogen and oxygen atoms in total. The fourth-order valence-electron chi connectivity index (χ4n) is 3.40. The molecule has 0 atom stereocenters. The Kier molecular flexibility index (Phi) is 5.72. The molecule has 1 N–H and O–H groups in total. The number of carbonyl (C=O) groups is 2. The number of hydrogen-bond donors (Lipinski definition) is 1. The first-order chi connectivity index (χ1) is 15.2. The van der Waals surface area contributed by atoms with Crippen LogP contribution in [0, 0.1) is 5.82 Å². The highest BCUT2D eigenvalue weighted by Crippen LogP contribution is 2.36. The predicted molar refractivity (Wildman–Crippen MR) is 110 cm³/mol. The number of fused-ring (bicyclic) bond motifs is 1. The number of rotatable bonds is 3. The van der Waals surface area contributed by atoms with Gasteiger partial charge >= 0.3 is 6.09 Å². The first-order valence-corrected chi connectivity index (χ1v) is 10.0. The molecule has 1 aliphatic rings. The molecule has 2 aromatic heterocycles. The van der Waals surface area contributed by atoms with Gasteiger partial charge in [0, 0.05) is 56.2 Å². The van der Waals surface area contributed by atoms with Gasteiger partial charge in [0.25, 0.3) is 17.8 Å². The van der Waals surface area contributed by atoms with Gasteiger partial charge < -0.3 is 19.4 Å². The summed E-state index contributed by atoms with van der Waals surface area (Å²) in [6.45, 7) is -0.217. The van der Waals surface area contributed by atoms with Crippen LogP contribution in [-0.2, 0) is 0 Å². The predicted octanol–water partition coefficient (Wildman–Crippen LogP) is 4.88. The van der Waals surface area contributed by atoms with Crippen molar-refractivity contribution in [3.05, 3.63) is 46.9 Å². The van der Waals surface area contributed by atoms with E-state index in [0.29, 0.717) is 10.9 Å². The van der Waals surface area contributed by atoms with E-state index in [1.165, 1.54) is 30.3 Å². The van der Waals surface area contributed by atoms with E-state index in [4.69, 9.17) is 20.8 Å². The SMILES string of the molecule is CNC(=O)Oc1cc2cc(-c3ncc(C(=O)N4CCC(F)(F)CC4)cc3F)cc(Cl)c2o1. The number of aromatic nitrogens is 1. The second-order valence-electron chi connectivity index (χ2n) is 7.28. The van der Waals surface area contributed by atoms with Crippen LogP contribution in [0.1, 0.15) is 23.2 Å². The van der Waals surface area contributed by atoms with Gasteiger partial charge in [0.2, 0.25) is 0 Å². The zero-order valence-electron chi connectivity index (χ0n) is 16.8. The van der Waals surface area contributed by atoms with Gasteiger partial charge in [-0.2, -0.15) is 0 Å². The molecule has 0 aliphatic carbocycles. The number of piperidine rings is 1. The molecule has 1 saturated heterocycles. The first kappa shape index (κ1) is 21.9. The molecule has 1 aliphatic heterocycles. The van der Waals surface area contributed by atoms with Crippen LogP contribution in [-0.4, -0.2) is 47.9 Å². The lowest BCUT2D eigenvalue weighted by atomic mass is 10.0. The van der Waals surface area contributed by atoms with E-state index >= 15 is 0 Å². The molecule has 4 rings (SSSR count). The lowest BCUT2D eigenvalue weighted by molar-refractivity contribution is -0.0494. The van der Waals surface area contributed by atoms with Crippen LogP contribution < -0.4 is 10.1 Å². The van der Waals surface area contributed by atoms with E-state index in [1.807, 2.05) is 0 Å². The fourth-order valence-corrected chi connectivity index (χ4v) is 3.67. The van der Waals surface area contributed by atoms with Gasteiger partial charge in [0.1, 0.15) is 11.5 Å². The average molecular weight is 468 g/mol. The minimum absolute atomic E-state index is 0.0341. The molecule has 0 radical (unpaired) electrons. The standard InChI is InChI=1S/C21H17ClF3N3O4/c1-26-20(30)32-16-9-12-6-11(7-14(22)18(12)31-16)17-15(23)8-13(10-27-17)19(29)28-4-2-21(24,25)3-5-28/h6-10H,2-5H2,1H3,(H,26,30). The summed E-state index contributed by atoms with van der Waals surface area (Å²) in [5.41, 5.74) is 0.450. The van der Waals surface area contributed by atoms with Crippen LogP contribution in [0.5, 0.6) is 5.95 Å². The summed E-state index contributed by atoms with van der Waals surface area (Å²) in [5.74, 6) is -4.23. The maximum absolute atomic E-state index is 14.8. The molecule has 1 fully saturated rings. The van der Waals surface area contributed by atoms with Crippen molar-refractivity contribution in [1.29, 1.82) is 0 Å². The average Bonchev–Trinajstić information content (AvgIpc) is 3.16. The maximum atomic E-state index is 14.8. The third-order valence-electron chi connectivity index (χ3n) is 5.09. The Hall–Kier alpha value is -3.27. The summed E-state index contributed by atoms with van der Waals surface area (Å²) in [6.07, 6.45) is -0.393. The van der Waals surface area contributed by atoms with E-state index in [9.17, 15) is 22.8 Å². The Morgan fingerprint density at radius 3 is 2.59 bits per heavy atom. The molecule has 1 aromatic carbocycles. The van der Waals surface area contributed by atoms with Crippen molar-refractivity contribution in [2.45, 2.75) is 18.8 Å². The number of carbonyl (C=O) groups excluding carboxylic acids is 2. The topological polar surface area (TPSA) is 84.7 Å². The van der Waals surface area contributed by atoms with Crippen molar-refractivity contribution in [2.24, 2.45) is 0 Å². The van der Waals surface area contributed by atoms with E-state index in [0.717, 1.165) is 6.07 Å². The number of nitrogens with zero attached hydrogens (tertiary/aromatic N) is 2. The zero-order chi connectivity index (χ0) is 23.0. The maximum Gasteiger partial charge on any atom is 0.414 e. The van der Waals surface area contributed by atoms with Gasteiger partial charge in [-0.1, -0.05) is 11.6 Å². The van der Waals surface area contributed by atoms with Crippen LogP contribution >= 0.6 is 11.6 Å². The Morgan fingerprint density at radius 2 is 1.94 bits per heavy atom. The molecular weight excluding hydrogens is 451 g/mol. The largest absolute Gasteiger partial charge is 0.424 e. The van der Waals surface area contributed by atoms with Crippen molar-refractivity contribution < 1.29 is 31.9 Å². The summed E-state index contributed by atoms with van der Waals surface area (Å²) in [6, 6.07) is 5.41. The van der Waals surface area contributed by atoms with Gasteiger partial charge in [0.05, 0.1) is 10.6 Å².